The van der Waals surface area contributed by atoms with Crippen molar-refractivity contribution in [2.75, 3.05) is 0 Å². The van der Waals surface area contributed by atoms with E-state index in [9.17, 15) is 22.8 Å². The van der Waals surface area contributed by atoms with Gasteiger partial charge in [-0.05, 0) is 25.5 Å². The van der Waals surface area contributed by atoms with Gasteiger partial charge >= 0.3 is 12.1 Å². The predicted molar refractivity (Wildman–Crippen MR) is 65.8 cm³/mol. The van der Waals surface area contributed by atoms with E-state index >= 15 is 0 Å². The molecule has 0 bridgehead atoms. The van der Waals surface area contributed by atoms with Crippen LogP contribution in [0.4, 0.5) is 13.2 Å². The predicted octanol–water partition coefficient (Wildman–Crippen LogP) is 2.78. The van der Waals surface area contributed by atoms with Crippen LogP contribution in [-0.4, -0.2) is 28.7 Å². The van der Waals surface area contributed by atoms with Crippen molar-refractivity contribution in [2.45, 2.75) is 25.6 Å². The average molecular weight is 310 g/mol. The molecule has 0 radical (unpaired) electrons. The lowest BCUT2D eigenvalue weighted by molar-refractivity contribution is -0.203. The molecule has 0 saturated heterocycles. The Bertz CT molecular complexity index is 559. The summed E-state index contributed by atoms with van der Waals surface area (Å²) in [6, 6.07) is 4.21. The maximum absolute atomic E-state index is 12.8. The van der Waals surface area contributed by atoms with E-state index in [4.69, 9.17) is 16.7 Å². The normalized spacial score (nSPS) is 14.5. The van der Waals surface area contributed by atoms with Crippen LogP contribution in [0, 0.1) is 6.92 Å². The summed E-state index contributed by atoms with van der Waals surface area (Å²) in [6.45, 7) is 1.94. The number of amides is 1. The van der Waals surface area contributed by atoms with E-state index in [1.807, 2.05) is 0 Å². The van der Waals surface area contributed by atoms with Crippen molar-refractivity contribution < 1.29 is 27.9 Å². The first-order valence-corrected chi connectivity index (χ1v) is 5.76. The van der Waals surface area contributed by atoms with Crippen molar-refractivity contribution in [3.05, 3.63) is 34.3 Å². The molecule has 0 aromatic heterocycles. The second kappa shape index (κ2) is 5.32. The molecular formula is C12H11ClF3NO3. The number of halogens is 4. The molecule has 1 aromatic carbocycles. The Morgan fingerprint density at radius 1 is 1.30 bits per heavy atom. The van der Waals surface area contributed by atoms with Crippen LogP contribution >= 0.6 is 11.6 Å². The topological polar surface area (TPSA) is 66.4 Å². The number of carboxylic acid groups (broad SMARTS) is 1. The van der Waals surface area contributed by atoms with E-state index < -0.39 is 23.6 Å². The lowest BCUT2D eigenvalue weighted by Crippen LogP contribution is -2.61. The van der Waals surface area contributed by atoms with Crippen LogP contribution in [-0.2, 0) is 4.79 Å². The van der Waals surface area contributed by atoms with Gasteiger partial charge in [0.05, 0.1) is 10.6 Å². The third-order valence-corrected chi connectivity index (χ3v) is 3.30. The number of carbonyl (C=O) groups is 2. The van der Waals surface area contributed by atoms with Gasteiger partial charge in [-0.2, -0.15) is 13.2 Å². The van der Waals surface area contributed by atoms with Gasteiger partial charge in [0.25, 0.3) is 5.91 Å². The van der Waals surface area contributed by atoms with Crippen LogP contribution in [0.2, 0.25) is 5.02 Å². The molecule has 20 heavy (non-hydrogen) atoms. The van der Waals surface area contributed by atoms with E-state index in [-0.39, 0.29) is 10.6 Å². The Balaban J connectivity index is 3.17. The maximum Gasteiger partial charge on any atom is 0.422 e. The molecule has 1 amide bonds. The average Bonchev–Trinajstić information content (AvgIpc) is 2.30. The fourth-order valence-electron chi connectivity index (χ4n) is 1.36. The van der Waals surface area contributed by atoms with Crippen molar-refractivity contribution in [2.24, 2.45) is 0 Å². The lowest BCUT2D eigenvalue weighted by atomic mass is 10.0. The largest absolute Gasteiger partial charge is 0.479 e. The third kappa shape index (κ3) is 2.87. The Morgan fingerprint density at radius 3 is 2.30 bits per heavy atom. The molecule has 0 spiro atoms. The second-order valence-corrected chi connectivity index (χ2v) is 4.70. The van der Waals surface area contributed by atoms with E-state index in [0.29, 0.717) is 12.5 Å². The number of hydrogen-bond acceptors (Lipinski definition) is 2. The minimum atomic E-state index is -5.15. The highest BCUT2D eigenvalue weighted by molar-refractivity contribution is 6.34. The van der Waals surface area contributed by atoms with Crippen molar-refractivity contribution in [1.29, 1.82) is 0 Å². The van der Waals surface area contributed by atoms with Gasteiger partial charge in [-0.25, -0.2) is 4.79 Å². The van der Waals surface area contributed by atoms with E-state index in [1.54, 1.807) is 13.0 Å². The highest BCUT2D eigenvalue weighted by atomic mass is 35.5. The molecule has 1 unspecified atom stereocenters. The number of nitrogens with one attached hydrogen (secondary N) is 1. The van der Waals surface area contributed by atoms with Crippen LogP contribution in [0.3, 0.4) is 0 Å². The van der Waals surface area contributed by atoms with Crippen LogP contribution < -0.4 is 5.32 Å². The van der Waals surface area contributed by atoms with Crippen molar-refractivity contribution >= 4 is 23.5 Å². The van der Waals surface area contributed by atoms with E-state index in [1.165, 1.54) is 17.4 Å². The minimum Gasteiger partial charge on any atom is -0.479 e. The van der Waals surface area contributed by atoms with Gasteiger partial charge in [-0.3, -0.25) is 4.79 Å². The molecule has 0 fully saturated rings. The number of rotatable bonds is 3. The van der Waals surface area contributed by atoms with Crippen LogP contribution in [0.5, 0.6) is 0 Å². The molecule has 0 aliphatic carbocycles. The minimum absolute atomic E-state index is 0.0279. The molecule has 2 N–H and O–H groups in total. The number of hydrogen-bond donors (Lipinski definition) is 2. The second-order valence-electron chi connectivity index (χ2n) is 4.32. The van der Waals surface area contributed by atoms with Crippen LogP contribution in [0.15, 0.2) is 18.2 Å². The summed E-state index contributed by atoms with van der Waals surface area (Å²) in [5, 5.41) is 10.2. The number of aryl methyl sites for hydroxylation is 1. The molecule has 1 atom stereocenters. The lowest BCUT2D eigenvalue weighted by Gasteiger charge is -2.28. The standard InChI is InChI=1S/C12H11ClF3NO3/c1-6-4-3-5-7(8(6)13)9(18)17-11(2,10(19)20)12(14,15)16/h3-5H,1-2H3,(H,17,18)(H,19,20). The third-order valence-electron chi connectivity index (χ3n) is 2.79. The van der Waals surface area contributed by atoms with Gasteiger partial charge in [-0.1, -0.05) is 23.7 Å². The zero-order chi connectivity index (χ0) is 15.7. The number of aliphatic carboxylic acids is 1. The fraction of sp³-hybridized carbons (Fsp3) is 0.333. The summed E-state index contributed by atoms with van der Waals surface area (Å²) in [6.07, 6.45) is -5.15. The zero-order valence-corrected chi connectivity index (χ0v) is 11.3. The summed E-state index contributed by atoms with van der Waals surface area (Å²) in [4.78, 5) is 22.6. The Morgan fingerprint density at radius 2 is 1.85 bits per heavy atom. The first kappa shape index (κ1) is 16.3. The molecule has 0 aliphatic rings. The van der Waals surface area contributed by atoms with E-state index in [2.05, 4.69) is 0 Å². The summed E-state index contributed by atoms with van der Waals surface area (Å²) in [5.74, 6) is -3.41. The molecule has 110 valence electrons. The smallest absolute Gasteiger partial charge is 0.422 e. The molecule has 4 nitrogen and oxygen atoms in total. The van der Waals surface area contributed by atoms with Crippen molar-refractivity contribution in [3.8, 4) is 0 Å². The fourth-order valence-corrected chi connectivity index (χ4v) is 1.57. The molecule has 0 heterocycles. The van der Waals surface area contributed by atoms with Gasteiger partial charge in [-0.15, -0.1) is 0 Å². The summed E-state index contributed by atoms with van der Waals surface area (Å²) < 4.78 is 38.3. The van der Waals surface area contributed by atoms with Gasteiger partial charge < -0.3 is 10.4 Å². The van der Waals surface area contributed by atoms with E-state index in [0.717, 1.165) is 0 Å². The van der Waals surface area contributed by atoms with Gasteiger partial charge in [0.15, 0.2) is 0 Å². The molecular weight excluding hydrogens is 299 g/mol. The van der Waals surface area contributed by atoms with Crippen molar-refractivity contribution in [1.82, 2.24) is 5.32 Å². The van der Waals surface area contributed by atoms with Gasteiger partial charge in [0, 0.05) is 0 Å². The summed E-state index contributed by atoms with van der Waals surface area (Å²) in [7, 11) is 0. The highest BCUT2D eigenvalue weighted by Crippen LogP contribution is 2.31. The summed E-state index contributed by atoms with van der Waals surface area (Å²) in [5.41, 5.74) is -3.12. The Hall–Kier alpha value is -1.76. The molecule has 0 aliphatic heterocycles. The molecule has 0 saturated carbocycles. The quantitative estimate of drug-likeness (QED) is 0.902. The van der Waals surface area contributed by atoms with Gasteiger partial charge in [0.2, 0.25) is 5.54 Å². The molecule has 8 heteroatoms. The van der Waals surface area contributed by atoms with Gasteiger partial charge in [0.1, 0.15) is 0 Å². The van der Waals surface area contributed by atoms with Crippen LogP contribution in [0.25, 0.3) is 0 Å². The Kier molecular flexibility index (Phi) is 4.33. The SMILES string of the molecule is Cc1cccc(C(=O)NC(C)(C(=O)O)C(F)(F)F)c1Cl. The number of benzene rings is 1. The highest BCUT2D eigenvalue weighted by Gasteiger charge is 2.58. The first-order valence-electron chi connectivity index (χ1n) is 5.38. The number of carbonyl (C=O) groups excluding carboxylic acids is 1. The Labute approximate surface area is 117 Å². The molecule has 1 aromatic rings. The van der Waals surface area contributed by atoms with Crippen molar-refractivity contribution in [3.63, 3.8) is 0 Å². The monoisotopic (exact) mass is 309 g/mol. The first-order chi connectivity index (χ1) is 9.00. The number of alkyl halides is 3. The van der Waals surface area contributed by atoms with Crippen LogP contribution in [0.1, 0.15) is 22.8 Å². The maximum atomic E-state index is 12.8. The number of carboxylic acids is 1. The summed E-state index contributed by atoms with van der Waals surface area (Å²) >= 11 is 5.82. The zero-order valence-electron chi connectivity index (χ0n) is 10.5. The molecule has 1 rings (SSSR count).